The van der Waals surface area contributed by atoms with E-state index in [0.29, 0.717) is 5.88 Å². The highest BCUT2D eigenvalue weighted by atomic mass is 79.9. The summed E-state index contributed by atoms with van der Waals surface area (Å²) in [5.74, 6) is 1.46. The summed E-state index contributed by atoms with van der Waals surface area (Å²) in [5, 5.41) is 4.24. The molecule has 0 unspecified atom stereocenters. The van der Waals surface area contributed by atoms with Crippen LogP contribution in [-0.4, -0.2) is 9.78 Å². The van der Waals surface area contributed by atoms with Gasteiger partial charge in [0.25, 0.3) is 0 Å². The van der Waals surface area contributed by atoms with Crippen LogP contribution in [0.25, 0.3) is 0 Å². The van der Waals surface area contributed by atoms with Gasteiger partial charge in [-0.3, -0.25) is 0 Å². The smallest absolute Gasteiger partial charge is 0.217 e. The molecular weight excluding hydrogens is 294 g/mol. The minimum absolute atomic E-state index is 0.00861. The molecule has 0 saturated heterocycles. The lowest BCUT2D eigenvalue weighted by Gasteiger charge is -2.10. The van der Waals surface area contributed by atoms with Gasteiger partial charge in [-0.15, -0.1) is 0 Å². The topological polar surface area (TPSA) is 53.1 Å². The van der Waals surface area contributed by atoms with E-state index in [1.165, 1.54) is 0 Å². The number of rotatable bonds is 3. The van der Waals surface area contributed by atoms with E-state index in [2.05, 4.69) is 21.0 Å². The van der Waals surface area contributed by atoms with Crippen LogP contribution in [0.2, 0.25) is 0 Å². The molecule has 0 bridgehead atoms. The van der Waals surface area contributed by atoms with Crippen LogP contribution < -0.4 is 10.5 Å². The van der Waals surface area contributed by atoms with Crippen LogP contribution in [-0.2, 0) is 7.05 Å². The SMILES string of the molecule is Cc1cc(Oc2ccc([C@H](C)N)cc2Br)n(C)n1. The van der Waals surface area contributed by atoms with Crippen molar-refractivity contribution in [2.24, 2.45) is 12.8 Å². The summed E-state index contributed by atoms with van der Waals surface area (Å²) in [6.07, 6.45) is 0. The first-order valence-electron chi connectivity index (χ1n) is 5.71. The first kappa shape index (κ1) is 13.1. The van der Waals surface area contributed by atoms with Gasteiger partial charge < -0.3 is 10.5 Å². The molecule has 0 radical (unpaired) electrons. The van der Waals surface area contributed by atoms with Crippen molar-refractivity contribution in [2.45, 2.75) is 19.9 Å². The predicted octanol–water partition coefficient (Wildman–Crippen LogP) is 3.30. The van der Waals surface area contributed by atoms with Gasteiger partial charge in [0.15, 0.2) is 0 Å². The fourth-order valence-corrected chi connectivity index (χ4v) is 2.16. The lowest BCUT2D eigenvalue weighted by Crippen LogP contribution is -2.04. The molecule has 18 heavy (non-hydrogen) atoms. The third kappa shape index (κ3) is 2.73. The summed E-state index contributed by atoms with van der Waals surface area (Å²) >= 11 is 3.49. The summed E-state index contributed by atoms with van der Waals surface area (Å²) in [7, 11) is 1.85. The van der Waals surface area contributed by atoms with Crippen molar-refractivity contribution in [2.75, 3.05) is 0 Å². The van der Waals surface area contributed by atoms with Gasteiger partial charge in [-0.25, -0.2) is 4.68 Å². The van der Waals surface area contributed by atoms with E-state index in [1.807, 2.05) is 45.2 Å². The molecule has 0 amide bonds. The van der Waals surface area contributed by atoms with Crippen LogP contribution >= 0.6 is 15.9 Å². The predicted molar refractivity (Wildman–Crippen MR) is 74.8 cm³/mol. The van der Waals surface area contributed by atoms with Crippen molar-refractivity contribution in [3.05, 3.63) is 40.0 Å². The van der Waals surface area contributed by atoms with Crippen LogP contribution in [0.5, 0.6) is 11.6 Å². The molecule has 1 atom stereocenters. The fraction of sp³-hybridized carbons (Fsp3) is 0.308. The number of hydrogen-bond acceptors (Lipinski definition) is 3. The molecule has 4 nitrogen and oxygen atoms in total. The van der Waals surface area contributed by atoms with Gasteiger partial charge in [0, 0.05) is 19.2 Å². The number of halogens is 1. The van der Waals surface area contributed by atoms with Crippen molar-refractivity contribution in [3.63, 3.8) is 0 Å². The van der Waals surface area contributed by atoms with Crippen LogP contribution in [0.3, 0.4) is 0 Å². The Hall–Kier alpha value is -1.33. The van der Waals surface area contributed by atoms with Crippen molar-refractivity contribution < 1.29 is 4.74 Å². The van der Waals surface area contributed by atoms with E-state index in [4.69, 9.17) is 10.5 Å². The Morgan fingerprint density at radius 2 is 2.11 bits per heavy atom. The number of aryl methyl sites for hydroxylation is 2. The van der Waals surface area contributed by atoms with Gasteiger partial charge in [-0.05, 0) is 47.5 Å². The Morgan fingerprint density at radius 1 is 1.39 bits per heavy atom. The lowest BCUT2D eigenvalue weighted by molar-refractivity contribution is 0.428. The highest BCUT2D eigenvalue weighted by Gasteiger charge is 2.09. The molecule has 1 heterocycles. The number of ether oxygens (including phenoxy) is 1. The maximum Gasteiger partial charge on any atom is 0.217 e. The van der Waals surface area contributed by atoms with E-state index < -0.39 is 0 Å². The molecule has 2 aromatic rings. The van der Waals surface area contributed by atoms with E-state index in [-0.39, 0.29) is 6.04 Å². The molecule has 1 aromatic heterocycles. The molecule has 0 saturated carbocycles. The first-order valence-corrected chi connectivity index (χ1v) is 6.50. The van der Waals surface area contributed by atoms with Crippen molar-refractivity contribution >= 4 is 15.9 Å². The summed E-state index contributed by atoms with van der Waals surface area (Å²) in [4.78, 5) is 0. The highest BCUT2D eigenvalue weighted by Crippen LogP contribution is 2.31. The van der Waals surface area contributed by atoms with E-state index in [9.17, 15) is 0 Å². The number of nitrogens with zero attached hydrogens (tertiary/aromatic N) is 2. The number of benzene rings is 1. The fourth-order valence-electron chi connectivity index (χ4n) is 1.68. The summed E-state index contributed by atoms with van der Waals surface area (Å²) < 4.78 is 8.40. The maximum atomic E-state index is 5.84. The van der Waals surface area contributed by atoms with E-state index >= 15 is 0 Å². The monoisotopic (exact) mass is 309 g/mol. The van der Waals surface area contributed by atoms with E-state index in [1.54, 1.807) is 4.68 Å². The van der Waals surface area contributed by atoms with Crippen LogP contribution in [0.15, 0.2) is 28.7 Å². The molecule has 0 spiro atoms. The molecule has 0 aliphatic carbocycles. The molecule has 5 heteroatoms. The Morgan fingerprint density at radius 3 is 2.61 bits per heavy atom. The van der Waals surface area contributed by atoms with Crippen LogP contribution in [0.1, 0.15) is 24.2 Å². The molecule has 2 N–H and O–H groups in total. The number of nitrogens with two attached hydrogens (primary N) is 1. The molecule has 0 fully saturated rings. The summed E-state index contributed by atoms with van der Waals surface area (Å²) in [6, 6.07) is 7.75. The molecule has 0 aliphatic heterocycles. The molecule has 2 rings (SSSR count). The van der Waals surface area contributed by atoms with Gasteiger partial charge in [0.2, 0.25) is 5.88 Å². The highest BCUT2D eigenvalue weighted by molar-refractivity contribution is 9.10. The van der Waals surface area contributed by atoms with Gasteiger partial charge >= 0.3 is 0 Å². The normalized spacial score (nSPS) is 12.5. The zero-order valence-corrected chi connectivity index (χ0v) is 12.2. The lowest BCUT2D eigenvalue weighted by atomic mass is 10.1. The Labute approximate surface area is 115 Å². The van der Waals surface area contributed by atoms with Crippen molar-refractivity contribution in [1.82, 2.24) is 9.78 Å². The second kappa shape index (κ2) is 5.12. The Bertz CT molecular complexity index is 563. The second-order valence-electron chi connectivity index (χ2n) is 4.33. The molecule has 1 aromatic carbocycles. The maximum absolute atomic E-state index is 5.84. The summed E-state index contributed by atoms with van der Waals surface area (Å²) in [5.41, 5.74) is 7.83. The van der Waals surface area contributed by atoms with Gasteiger partial charge in [-0.1, -0.05) is 6.07 Å². The molecular formula is C13H16BrN3O. The van der Waals surface area contributed by atoms with Gasteiger partial charge in [0.05, 0.1) is 10.2 Å². The average Bonchev–Trinajstić information content (AvgIpc) is 2.60. The van der Waals surface area contributed by atoms with Crippen molar-refractivity contribution in [1.29, 1.82) is 0 Å². The molecule has 96 valence electrons. The second-order valence-corrected chi connectivity index (χ2v) is 5.18. The Kier molecular flexibility index (Phi) is 3.73. The largest absolute Gasteiger partial charge is 0.438 e. The number of aromatic nitrogens is 2. The Balaban J connectivity index is 2.27. The number of hydrogen-bond donors (Lipinski definition) is 1. The minimum Gasteiger partial charge on any atom is -0.438 e. The molecule has 0 aliphatic rings. The quantitative estimate of drug-likeness (QED) is 0.946. The standard InChI is InChI=1S/C13H16BrN3O/c1-8-6-13(17(3)16-8)18-12-5-4-10(9(2)15)7-11(12)14/h4-7,9H,15H2,1-3H3/t9-/m0/s1. The van der Waals surface area contributed by atoms with Gasteiger partial charge in [0.1, 0.15) is 5.75 Å². The third-order valence-electron chi connectivity index (χ3n) is 2.66. The van der Waals surface area contributed by atoms with Crippen molar-refractivity contribution in [3.8, 4) is 11.6 Å². The minimum atomic E-state index is 0.00861. The average molecular weight is 310 g/mol. The van der Waals surface area contributed by atoms with Gasteiger partial charge in [-0.2, -0.15) is 5.10 Å². The third-order valence-corrected chi connectivity index (χ3v) is 3.27. The first-order chi connectivity index (χ1) is 8.47. The van der Waals surface area contributed by atoms with E-state index in [0.717, 1.165) is 21.5 Å². The zero-order chi connectivity index (χ0) is 13.3. The van der Waals surface area contributed by atoms with Crippen LogP contribution in [0.4, 0.5) is 0 Å². The summed E-state index contributed by atoms with van der Waals surface area (Å²) in [6.45, 7) is 3.88. The van der Waals surface area contributed by atoms with Crippen LogP contribution in [0, 0.1) is 6.92 Å². The zero-order valence-electron chi connectivity index (χ0n) is 10.6.